The van der Waals surface area contributed by atoms with Gasteiger partial charge in [0.05, 0.1) is 23.2 Å². The Bertz CT molecular complexity index is 1220. The highest BCUT2D eigenvalue weighted by atomic mass is 16.6. The molecule has 0 saturated heterocycles. The maximum absolute atomic E-state index is 12.7. The third-order valence-electron chi connectivity index (χ3n) is 4.82. The number of methoxy groups -OCH3 is 1. The number of carbonyl (C=O) groups excluding carboxylic acids is 3. The van der Waals surface area contributed by atoms with Gasteiger partial charge in [0.15, 0.2) is 0 Å². The van der Waals surface area contributed by atoms with Crippen LogP contribution in [0.2, 0.25) is 0 Å². The molecule has 0 aliphatic rings. The van der Waals surface area contributed by atoms with Gasteiger partial charge in [-0.1, -0.05) is 17.7 Å². The Balaban J connectivity index is 1.77. The van der Waals surface area contributed by atoms with Crippen LogP contribution >= 0.6 is 0 Å². The summed E-state index contributed by atoms with van der Waals surface area (Å²) in [5.74, 6) is -1.75. The number of rotatable bonds is 6. The second kappa shape index (κ2) is 9.73. The molecule has 0 saturated carbocycles. The number of hydrogen-bond acceptors (Lipinski definition) is 7. The van der Waals surface area contributed by atoms with E-state index >= 15 is 0 Å². The molecule has 0 radical (unpaired) electrons. The highest BCUT2D eigenvalue weighted by Gasteiger charge is 2.20. The van der Waals surface area contributed by atoms with Gasteiger partial charge in [0.2, 0.25) is 0 Å². The van der Waals surface area contributed by atoms with Gasteiger partial charge >= 0.3 is 11.9 Å². The summed E-state index contributed by atoms with van der Waals surface area (Å²) < 4.78 is 9.85. The first-order valence-electron chi connectivity index (χ1n) is 9.74. The van der Waals surface area contributed by atoms with E-state index in [1.807, 2.05) is 19.1 Å². The van der Waals surface area contributed by atoms with Gasteiger partial charge in [-0.2, -0.15) is 0 Å². The van der Waals surface area contributed by atoms with Gasteiger partial charge < -0.3 is 14.4 Å². The lowest BCUT2D eigenvalue weighted by Crippen LogP contribution is -2.26. The van der Waals surface area contributed by atoms with Gasteiger partial charge in [0.1, 0.15) is 5.75 Å². The Hall–Kier alpha value is -4.53. The fourth-order valence-corrected chi connectivity index (χ4v) is 2.98. The molecule has 0 heterocycles. The predicted molar refractivity (Wildman–Crippen MR) is 120 cm³/mol. The maximum atomic E-state index is 12.7. The van der Waals surface area contributed by atoms with Crippen LogP contribution in [-0.2, 0) is 4.74 Å². The molecule has 0 fully saturated rings. The van der Waals surface area contributed by atoms with Crippen LogP contribution in [0.4, 0.5) is 11.4 Å². The van der Waals surface area contributed by atoms with E-state index in [-0.39, 0.29) is 22.8 Å². The molecule has 3 aromatic rings. The fourth-order valence-electron chi connectivity index (χ4n) is 2.98. The Morgan fingerprint density at radius 1 is 0.848 bits per heavy atom. The number of non-ortho nitro benzene ring substituents is 1. The summed E-state index contributed by atoms with van der Waals surface area (Å²) >= 11 is 0. The van der Waals surface area contributed by atoms with Crippen LogP contribution < -0.4 is 9.64 Å². The predicted octanol–water partition coefficient (Wildman–Crippen LogP) is 4.19. The van der Waals surface area contributed by atoms with Crippen molar-refractivity contribution in [3.05, 3.63) is 99.1 Å². The summed E-state index contributed by atoms with van der Waals surface area (Å²) in [5, 5.41) is 11.1. The van der Waals surface area contributed by atoms with Gasteiger partial charge in [-0.05, 0) is 49.4 Å². The molecular formula is C24H20N2O7. The smallest absolute Gasteiger partial charge is 0.343 e. The quantitative estimate of drug-likeness (QED) is 0.240. The van der Waals surface area contributed by atoms with Crippen molar-refractivity contribution in [3.8, 4) is 5.75 Å². The lowest BCUT2D eigenvalue weighted by atomic mass is 10.1. The number of nitro groups is 1. The molecule has 168 valence electrons. The Morgan fingerprint density at radius 2 is 1.42 bits per heavy atom. The third kappa shape index (κ3) is 5.40. The Labute approximate surface area is 189 Å². The van der Waals surface area contributed by atoms with Crippen LogP contribution in [-0.4, -0.2) is 36.9 Å². The SMILES string of the molecule is COC(=O)c1cc(C(=O)Oc2ccc(N(C)C(=O)c3ccc(C)cc3)cc2)cc([N+](=O)[O-])c1. The Morgan fingerprint density at radius 3 is 1.97 bits per heavy atom. The Kier molecular flexibility index (Phi) is 6.82. The van der Waals surface area contributed by atoms with Crippen molar-refractivity contribution < 1.29 is 28.8 Å². The molecule has 3 aromatic carbocycles. The van der Waals surface area contributed by atoms with Crippen LogP contribution in [0.1, 0.15) is 36.6 Å². The lowest BCUT2D eigenvalue weighted by molar-refractivity contribution is -0.384. The topological polar surface area (TPSA) is 116 Å². The first-order chi connectivity index (χ1) is 15.7. The molecule has 0 aliphatic heterocycles. The van der Waals surface area contributed by atoms with Gasteiger partial charge in [-0.3, -0.25) is 14.9 Å². The molecular weight excluding hydrogens is 428 g/mol. The van der Waals surface area contributed by atoms with E-state index in [0.717, 1.165) is 30.9 Å². The highest BCUT2D eigenvalue weighted by molar-refractivity contribution is 6.05. The van der Waals surface area contributed by atoms with Crippen LogP contribution in [0.5, 0.6) is 5.75 Å². The number of nitrogens with zero attached hydrogens (tertiary/aromatic N) is 2. The lowest BCUT2D eigenvalue weighted by Gasteiger charge is -2.18. The molecule has 0 spiro atoms. The van der Waals surface area contributed by atoms with E-state index in [1.165, 1.54) is 17.0 Å². The molecule has 0 N–H and O–H groups in total. The van der Waals surface area contributed by atoms with Crippen molar-refractivity contribution in [3.63, 3.8) is 0 Å². The van der Waals surface area contributed by atoms with Crippen molar-refractivity contribution in [2.45, 2.75) is 6.92 Å². The first-order valence-corrected chi connectivity index (χ1v) is 9.74. The third-order valence-corrected chi connectivity index (χ3v) is 4.82. The fraction of sp³-hybridized carbons (Fsp3) is 0.125. The van der Waals surface area contributed by atoms with Gasteiger partial charge in [0.25, 0.3) is 11.6 Å². The zero-order valence-electron chi connectivity index (χ0n) is 18.1. The molecule has 9 nitrogen and oxygen atoms in total. The second-order valence-electron chi connectivity index (χ2n) is 7.13. The standard InChI is InChI=1S/C24H20N2O7/c1-15-4-6-16(7-5-15)22(27)25(2)19-8-10-21(11-9-19)33-24(29)18-12-17(23(28)32-3)13-20(14-18)26(30)31/h4-14H,1-3H3. The largest absolute Gasteiger partial charge is 0.465 e. The molecule has 0 aromatic heterocycles. The van der Waals surface area contributed by atoms with Crippen molar-refractivity contribution in [1.29, 1.82) is 0 Å². The monoisotopic (exact) mass is 448 g/mol. The van der Waals surface area contributed by atoms with E-state index in [9.17, 15) is 24.5 Å². The molecule has 33 heavy (non-hydrogen) atoms. The number of carbonyl (C=O) groups is 3. The molecule has 0 aliphatic carbocycles. The zero-order valence-corrected chi connectivity index (χ0v) is 18.1. The van der Waals surface area contributed by atoms with E-state index in [4.69, 9.17) is 4.74 Å². The summed E-state index contributed by atoms with van der Waals surface area (Å²) in [6.07, 6.45) is 0. The van der Waals surface area contributed by atoms with Gasteiger partial charge in [-0.25, -0.2) is 9.59 Å². The number of esters is 2. The summed E-state index contributed by atoms with van der Waals surface area (Å²) in [6, 6.07) is 16.5. The van der Waals surface area contributed by atoms with E-state index in [1.54, 1.807) is 31.3 Å². The average Bonchev–Trinajstić information content (AvgIpc) is 2.83. The maximum Gasteiger partial charge on any atom is 0.343 e. The summed E-state index contributed by atoms with van der Waals surface area (Å²) in [6.45, 7) is 1.93. The minimum atomic E-state index is -0.888. The number of amides is 1. The summed E-state index contributed by atoms with van der Waals surface area (Å²) in [4.78, 5) is 48.8. The van der Waals surface area contributed by atoms with Crippen molar-refractivity contribution >= 4 is 29.2 Å². The molecule has 0 atom stereocenters. The minimum absolute atomic E-state index is 0.148. The van der Waals surface area contributed by atoms with Crippen LogP contribution in [0, 0.1) is 17.0 Å². The van der Waals surface area contributed by atoms with E-state index < -0.39 is 22.5 Å². The second-order valence-corrected chi connectivity index (χ2v) is 7.13. The van der Waals surface area contributed by atoms with E-state index in [0.29, 0.717) is 11.3 Å². The summed E-state index contributed by atoms with van der Waals surface area (Å²) in [5.41, 5.74) is 1.37. The number of ether oxygens (including phenoxy) is 2. The molecule has 0 unspecified atom stereocenters. The van der Waals surface area contributed by atoms with Crippen LogP contribution in [0.15, 0.2) is 66.7 Å². The molecule has 1 amide bonds. The van der Waals surface area contributed by atoms with Gasteiger partial charge in [-0.15, -0.1) is 0 Å². The normalized spacial score (nSPS) is 10.3. The van der Waals surface area contributed by atoms with E-state index in [2.05, 4.69) is 4.74 Å². The highest BCUT2D eigenvalue weighted by Crippen LogP contribution is 2.23. The molecule has 3 rings (SSSR count). The average molecular weight is 448 g/mol. The number of hydrogen-bond donors (Lipinski definition) is 0. The van der Waals surface area contributed by atoms with Crippen LogP contribution in [0.3, 0.4) is 0 Å². The van der Waals surface area contributed by atoms with Crippen molar-refractivity contribution in [2.75, 3.05) is 19.1 Å². The van der Waals surface area contributed by atoms with Gasteiger partial charge in [0, 0.05) is 30.4 Å². The van der Waals surface area contributed by atoms with Crippen molar-refractivity contribution in [2.24, 2.45) is 0 Å². The number of nitro benzene ring substituents is 1. The molecule has 0 bridgehead atoms. The van der Waals surface area contributed by atoms with Crippen molar-refractivity contribution in [1.82, 2.24) is 0 Å². The minimum Gasteiger partial charge on any atom is -0.465 e. The number of benzene rings is 3. The summed E-state index contributed by atoms with van der Waals surface area (Å²) in [7, 11) is 2.75. The zero-order chi connectivity index (χ0) is 24.1. The molecule has 9 heteroatoms. The number of aryl methyl sites for hydroxylation is 1. The van der Waals surface area contributed by atoms with Crippen LogP contribution in [0.25, 0.3) is 0 Å². The number of anilines is 1. The first kappa shape index (κ1) is 23.1.